The summed E-state index contributed by atoms with van der Waals surface area (Å²) in [6.07, 6.45) is 67.0. The Balaban J connectivity index is 3.87. The summed E-state index contributed by atoms with van der Waals surface area (Å²) in [7, 11) is 1.61. The van der Waals surface area contributed by atoms with Gasteiger partial charge in [0.25, 0.3) is 0 Å². The highest BCUT2D eigenvalue weighted by Crippen LogP contribution is 2.43. The highest BCUT2D eigenvalue weighted by molar-refractivity contribution is 7.47. The number of likely N-dealkylation sites (N-methyl/N-ethyl adjacent to an activating group) is 1. The Bertz CT molecular complexity index is 1320. The average molecular weight is 960 g/mol. The van der Waals surface area contributed by atoms with Gasteiger partial charge in [-0.05, 0) is 64.2 Å². The highest BCUT2D eigenvalue weighted by Gasteiger charge is 2.28. The molecule has 0 aliphatic carbocycles. The van der Waals surface area contributed by atoms with Crippen molar-refractivity contribution in [2.24, 2.45) is 0 Å². The summed E-state index contributed by atoms with van der Waals surface area (Å²) in [5, 5.41) is 13.9. The third-order valence-corrected chi connectivity index (χ3v) is 13.2. The van der Waals surface area contributed by atoms with Crippen LogP contribution >= 0.6 is 7.82 Å². The van der Waals surface area contributed by atoms with Crippen LogP contribution in [0.5, 0.6) is 0 Å². The number of allylic oxidation sites excluding steroid dienone is 12. The minimum absolute atomic E-state index is 0.0736. The average Bonchev–Trinajstić information content (AvgIpc) is 3.29. The summed E-state index contributed by atoms with van der Waals surface area (Å²) in [6, 6.07) is -0.759. The standard InChI is InChI=1S/C58H107N2O6P/c1-6-8-10-12-14-16-17-18-19-20-21-22-23-24-25-26-27-28-29-30-31-32-33-34-35-36-37-38-39-40-41-42-43-44-46-48-50-52-58(62)59-56(55-66-67(63,64)65-54-53-60(3,4)5)57(61)51-49-47-45-15-13-11-9-7-2/h8,10,14,16,18-19,21-22,24-25,27-28,56-57,61H,6-7,9,11-13,15,17,20,23,26,29-55H2,1-5H3,(H-,59,62,63,64)/p+1/b10-8-,16-14-,19-18-,22-21-,25-24-,28-27-. The Labute approximate surface area is 414 Å². The van der Waals surface area contributed by atoms with Gasteiger partial charge >= 0.3 is 7.82 Å². The zero-order chi connectivity index (χ0) is 49.2. The lowest BCUT2D eigenvalue weighted by molar-refractivity contribution is -0.870. The van der Waals surface area contributed by atoms with E-state index in [2.05, 4.69) is 92.1 Å². The monoisotopic (exact) mass is 960 g/mol. The molecule has 0 aliphatic rings. The third-order valence-electron chi connectivity index (χ3n) is 12.2. The zero-order valence-electron chi connectivity index (χ0n) is 44.4. The molecule has 0 saturated heterocycles. The molecule has 390 valence electrons. The second kappa shape index (κ2) is 48.9. The van der Waals surface area contributed by atoms with Crippen LogP contribution in [0.3, 0.4) is 0 Å². The summed E-state index contributed by atoms with van der Waals surface area (Å²) >= 11 is 0. The number of phosphoric acid groups is 1. The summed E-state index contributed by atoms with van der Waals surface area (Å²) in [6.45, 7) is 4.74. The first kappa shape index (κ1) is 64.9. The molecule has 0 aromatic carbocycles. The Hall–Kier alpha value is -2.06. The van der Waals surface area contributed by atoms with Crippen molar-refractivity contribution in [1.82, 2.24) is 5.32 Å². The zero-order valence-corrected chi connectivity index (χ0v) is 45.3. The number of rotatable bonds is 50. The number of hydrogen-bond acceptors (Lipinski definition) is 5. The molecule has 0 bridgehead atoms. The van der Waals surface area contributed by atoms with Crippen molar-refractivity contribution in [3.05, 3.63) is 72.9 Å². The van der Waals surface area contributed by atoms with Crippen LogP contribution in [0.25, 0.3) is 0 Å². The summed E-state index contributed by atoms with van der Waals surface area (Å²) in [4.78, 5) is 23.2. The van der Waals surface area contributed by atoms with E-state index in [0.717, 1.165) is 77.0 Å². The molecule has 0 heterocycles. The van der Waals surface area contributed by atoms with Crippen molar-refractivity contribution in [2.45, 2.75) is 251 Å². The van der Waals surface area contributed by atoms with Crippen LogP contribution < -0.4 is 5.32 Å². The molecule has 67 heavy (non-hydrogen) atoms. The van der Waals surface area contributed by atoms with E-state index < -0.39 is 20.0 Å². The second-order valence-corrected chi connectivity index (χ2v) is 21.4. The van der Waals surface area contributed by atoms with Gasteiger partial charge in [-0.25, -0.2) is 4.57 Å². The van der Waals surface area contributed by atoms with Gasteiger partial charge in [-0.2, -0.15) is 0 Å². The van der Waals surface area contributed by atoms with E-state index in [1.54, 1.807) is 0 Å². The lowest BCUT2D eigenvalue weighted by Crippen LogP contribution is -2.46. The van der Waals surface area contributed by atoms with Crippen LogP contribution in [-0.4, -0.2) is 73.4 Å². The molecule has 3 unspecified atom stereocenters. The fourth-order valence-electron chi connectivity index (χ4n) is 7.87. The van der Waals surface area contributed by atoms with E-state index in [4.69, 9.17) is 9.05 Å². The van der Waals surface area contributed by atoms with Gasteiger partial charge in [0.05, 0.1) is 39.9 Å². The number of phosphoric ester groups is 1. The molecule has 0 rings (SSSR count). The number of hydrogen-bond donors (Lipinski definition) is 3. The molecule has 9 heteroatoms. The predicted octanol–water partition coefficient (Wildman–Crippen LogP) is 16.7. The molecule has 0 aliphatic heterocycles. The fraction of sp³-hybridized carbons (Fsp3) is 0.776. The van der Waals surface area contributed by atoms with Crippen molar-refractivity contribution in [2.75, 3.05) is 40.9 Å². The van der Waals surface area contributed by atoms with E-state index in [0.29, 0.717) is 23.9 Å². The van der Waals surface area contributed by atoms with Crippen molar-refractivity contribution in [3.63, 3.8) is 0 Å². The first-order chi connectivity index (χ1) is 32.5. The summed E-state index contributed by atoms with van der Waals surface area (Å²) < 4.78 is 23.6. The Morgan fingerprint density at radius 1 is 0.522 bits per heavy atom. The number of carbonyl (C=O) groups excluding carboxylic acids is 1. The number of aliphatic hydroxyl groups is 1. The normalized spacial score (nSPS) is 14.6. The minimum Gasteiger partial charge on any atom is -0.391 e. The first-order valence-corrected chi connectivity index (χ1v) is 29.3. The van der Waals surface area contributed by atoms with Gasteiger partial charge in [-0.1, -0.05) is 241 Å². The lowest BCUT2D eigenvalue weighted by atomic mass is 10.0. The molecule has 0 fully saturated rings. The first-order valence-electron chi connectivity index (χ1n) is 27.8. The van der Waals surface area contributed by atoms with E-state index >= 15 is 0 Å². The molecule has 0 aromatic heterocycles. The quantitative estimate of drug-likeness (QED) is 0.0243. The Kier molecular flexibility index (Phi) is 47.4. The fourth-order valence-corrected chi connectivity index (χ4v) is 8.61. The number of unbranched alkanes of at least 4 members (excludes halogenated alkanes) is 25. The van der Waals surface area contributed by atoms with Crippen LogP contribution in [0.2, 0.25) is 0 Å². The van der Waals surface area contributed by atoms with E-state index in [-0.39, 0.29) is 19.1 Å². The second-order valence-electron chi connectivity index (χ2n) is 19.9. The maximum atomic E-state index is 12.9. The molecule has 0 spiro atoms. The molecule has 3 N–H and O–H groups in total. The van der Waals surface area contributed by atoms with E-state index in [1.165, 1.54) is 135 Å². The predicted molar refractivity (Wildman–Crippen MR) is 290 cm³/mol. The number of carbonyl (C=O) groups is 1. The van der Waals surface area contributed by atoms with Crippen molar-refractivity contribution >= 4 is 13.7 Å². The van der Waals surface area contributed by atoms with Crippen molar-refractivity contribution in [1.29, 1.82) is 0 Å². The van der Waals surface area contributed by atoms with Crippen LogP contribution in [0.15, 0.2) is 72.9 Å². The number of nitrogens with zero attached hydrogens (tertiary/aromatic N) is 1. The smallest absolute Gasteiger partial charge is 0.391 e. The summed E-state index contributed by atoms with van der Waals surface area (Å²) in [5.41, 5.74) is 0. The minimum atomic E-state index is -4.31. The number of aliphatic hydroxyl groups excluding tert-OH is 1. The van der Waals surface area contributed by atoms with Gasteiger partial charge in [0.1, 0.15) is 13.2 Å². The molecule has 3 atom stereocenters. The molecule has 0 saturated carbocycles. The van der Waals surface area contributed by atoms with Gasteiger partial charge in [0, 0.05) is 6.42 Å². The topological polar surface area (TPSA) is 105 Å². The van der Waals surface area contributed by atoms with Gasteiger partial charge in [-0.15, -0.1) is 0 Å². The van der Waals surface area contributed by atoms with Crippen LogP contribution in [-0.2, 0) is 18.4 Å². The Morgan fingerprint density at radius 3 is 1.31 bits per heavy atom. The summed E-state index contributed by atoms with van der Waals surface area (Å²) in [5.74, 6) is -0.147. The number of nitrogens with one attached hydrogen (secondary N) is 1. The lowest BCUT2D eigenvalue weighted by Gasteiger charge is -2.26. The molecule has 0 radical (unpaired) electrons. The number of amides is 1. The van der Waals surface area contributed by atoms with Crippen LogP contribution in [0.1, 0.15) is 239 Å². The third kappa shape index (κ3) is 51.6. The molecule has 1 amide bonds. The van der Waals surface area contributed by atoms with Gasteiger partial charge < -0.3 is 19.8 Å². The van der Waals surface area contributed by atoms with Gasteiger partial charge in [0.2, 0.25) is 5.91 Å². The number of quaternary nitrogens is 1. The van der Waals surface area contributed by atoms with Crippen LogP contribution in [0, 0.1) is 0 Å². The van der Waals surface area contributed by atoms with Gasteiger partial charge in [0.15, 0.2) is 0 Å². The molecule has 0 aromatic rings. The Morgan fingerprint density at radius 2 is 0.896 bits per heavy atom. The van der Waals surface area contributed by atoms with Crippen LogP contribution in [0.4, 0.5) is 0 Å². The highest BCUT2D eigenvalue weighted by atomic mass is 31.2. The largest absolute Gasteiger partial charge is 0.472 e. The van der Waals surface area contributed by atoms with Crippen molar-refractivity contribution < 1.29 is 32.9 Å². The SMILES string of the molecule is CC/C=C\C/C=C\C/C=C\C/C=C\C/C=C\C/C=C\CCCCCCCCCCCCCCCCCCCCC(=O)NC(COP(=O)(O)OCC[N+](C)(C)C)C(O)CCCCCCCCCC. The maximum Gasteiger partial charge on any atom is 0.472 e. The van der Waals surface area contributed by atoms with E-state index in [9.17, 15) is 19.4 Å². The molecular formula is C58H108N2O6P+. The maximum absolute atomic E-state index is 12.9. The molecular weight excluding hydrogens is 852 g/mol. The van der Waals surface area contributed by atoms with Crippen molar-refractivity contribution in [3.8, 4) is 0 Å². The van der Waals surface area contributed by atoms with Gasteiger partial charge in [-0.3, -0.25) is 13.8 Å². The van der Waals surface area contributed by atoms with E-state index in [1.807, 2.05) is 21.1 Å². The molecule has 8 nitrogen and oxygen atoms in total.